The molecule has 9 nitrogen and oxygen atoms in total. The molecule has 0 saturated carbocycles. The number of fused-ring (bicyclic) bond motifs is 2. The molecule has 1 aliphatic heterocycles. The number of methoxy groups -OCH3 is 1. The topological polar surface area (TPSA) is 107 Å². The molecular formula is C18H15N5O4. The van der Waals surface area contributed by atoms with E-state index in [0.717, 1.165) is 11.1 Å². The maximum absolute atomic E-state index is 5.70. The molecule has 0 unspecified atom stereocenters. The molecular weight excluding hydrogens is 350 g/mol. The normalized spacial score (nSPS) is 12.9. The zero-order valence-corrected chi connectivity index (χ0v) is 14.4. The van der Waals surface area contributed by atoms with Gasteiger partial charge in [0.15, 0.2) is 11.5 Å². The number of benzene rings is 2. The summed E-state index contributed by atoms with van der Waals surface area (Å²) in [6.07, 6.45) is 0. The first-order valence-electron chi connectivity index (χ1n) is 8.33. The first-order chi connectivity index (χ1) is 13.3. The van der Waals surface area contributed by atoms with E-state index in [1.807, 2.05) is 36.4 Å². The maximum atomic E-state index is 5.70. The van der Waals surface area contributed by atoms with Crippen molar-refractivity contribution in [3.05, 3.63) is 36.4 Å². The molecule has 0 radical (unpaired) electrons. The smallest absolute Gasteiger partial charge is 0.322 e. The van der Waals surface area contributed by atoms with E-state index in [2.05, 4.69) is 25.5 Å². The zero-order chi connectivity index (χ0) is 18.2. The largest absolute Gasteiger partial charge is 0.494 e. The first-order valence-corrected chi connectivity index (χ1v) is 8.33. The third kappa shape index (κ3) is 2.78. The molecule has 9 heteroatoms. The van der Waals surface area contributed by atoms with Crippen LogP contribution < -0.4 is 19.5 Å². The highest BCUT2D eigenvalue weighted by molar-refractivity contribution is 5.84. The fraction of sp³-hybridized carbons (Fsp3) is 0.167. The van der Waals surface area contributed by atoms with Gasteiger partial charge in [-0.15, -0.1) is 5.10 Å². The van der Waals surface area contributed by atoms with Crippen LogP contribution >= 0.6 is 0 Å². The summed E-state index contributed by atoms with van der Waals surface area (Å²) in [5.74, 6) is 2.89. The molecule has 4 aromatic rings. The van der Waals surface area contributed by atoms with Gasteiger partial charge < -0.3 is 23.6 Å². The molecule has 1 aliphatic rings. The standard InChI is InChI=1S/C18H15N5O4/c1-24-13-4-2-3-11-15(13)20-17(19-11)21-18-23-22-16(27-18)10-5-6-12-14(9-10)26-8-7-25-12/h2-6,9H,7-8H2,1H3,(H2,19,20,21,23). The van der Waals surface area contributed by atoms with E-state index >= 15 is 0 Å². The van der Waals surface area contributed by atoms with Crippen LogP contribution in [0.4, 0.5) is 12.0 Å². The van der Waals surface area contributed by atoms with E-state index < -0.39 is 0 Å². The lowest BCUT2D eigenvalue weighted by atomic mass is 10.2. The number of rotatable bonds is 4. The summed E-state index contributed by atoms with van der Waals surface area (Å²) >= 11 is 0. The van der Waals surface area contributed by atoms with Gasteiger partial charge in [-0.05, 0) is 30.3 Å². The minimum Gasteiger partial charge on any atom is -0.494 e. The predicted molar refractivity (Wildman–Crippen MR) is 96.7 cm³/mol. The highest BCUT2D eigenvalue weighted by Gasteiger charge is 2.16. The number of aromatic nitrogens is 4. The van der Waals surface area contributed by atoms with Crippen LogP contribution in [0, 0.1) is 0 Å². The lowest BCUT2D eigenvalue weighted by Gasteiger charge is -2.18. The highest BCUT2D eigenvalue weighted by atomic mass is 16.6. The quantitative estimate of drug-likeness (QED) is 0.568. The van der Waals surface area contributed by atoms with Crippen LogP contribution in [0.25, 0.3) is 22.5 Å². The van der Waals surface area contributed by atoms with Crippen molar-refractivity contribution in [2.45, 2.75) is 0 Å². The van der Waals surface area contributed by atoms with Crippen molar-refractivity contribution in [2.75, 3.05) is 25.6 Å². The van der Waals surface area contributed by atoms with Gasteiger partial charge in [-0.1, -0.05) is 11.2 Å². The number of hydrogen-bond donors (Lipinski definition) is 2. The van der Waals surface area contributed by atoms with Crippen LogP contribution in [0.1, 0.15) is 0 Å². The summed E-state index contributed by atoms with van der Waals surface area (Å²) < 4.78 is 22.1. The molecule has 0 amide bonds. The van der Waals surface area contributed by atoms with E-state index in [-0.39, 0.29) is 6.01 Å². The van der Waals surface area contributed by atoms with Gasteiger partial charge in [0.25, 0.3) is 0 Å². The average Bonchev–Trinajstić information content (AvgIpc) is 3.34. The molecule has 2 aromatic heterocycles. The van der Waals surface area contributed by atoms with Gasteiger partial charge in [0.2, 0.25) is 11.8 Å². The van der Waals surface area contributed by atoms with Crippen molar-refractivity contribution >= 4 is 23.0 Å². The van der Waals surface area contributed by atoms with E-state index in [9.17, 15) is 0 Å². The van der Waals surface area contributed by atoms with E-state index in [0.29, 0.717) is 47.8 Å². The molecule has 5 rings (SSSR count). The van der Waals surface area contributed by atoms with Crippen LogP contribution in [0.5, 0.6) is 17.2 Å². The Hall–Kier alpha value is -3.75. The van der Waals surface area contributed by atoms with Crippen molar-refractivity contribution in [1.29, 1.82) is 0 Å². The van der Waals surface area contributed by atoms with Crippen molar-refractivity contribution in [1.82, 2.24) is 20.2 Å². The van der Waals surface area contributed by atoms with Crippen molar-refractivity contribution in [3.8, 4) is 28.7 Å². The Balaban J connectivity index is 1.41. The van der Waals surface area contributed by atoms with E-state index in [1.54, 1.807) is 7.11 Å². The Morgan fingerprint density at radius 2 is 1.96 bits per heavy atom. The van der Waals surface area contributed by atoms with Gasteiger partial charge in [0.05, 0.1) is 12.6 Å². The number of anilines is 2. The van der Waals surface area contributed by atoms with Crippen LogP contribution in [-0.2, 0) is 0 Å². The number of nitrogens with zero attached hydrogens (tertiary/aromatic N) is 3. The van der Waals surface area contributed by atoms with Gasteiger partial charge in [-0.3, -0.25) is 5.32 Å². The number of ether oxygens (including phenoxy) is 3. The van der Waals surface area contributed by atoms with Gasteiger partial charge in [0.1, 0.15) is 24.5 Å². The van der Waals surface area contributed by atoms with Crippen molar-refractivity contribution in [3.63, 3.8) is 0 Å². The maximum Gasteiger partial charge on any atom is 0.322 e. The minimum absolute atomic E-state index is 0.220. The molecule has 136 valence electrons. The van der Waals surface area contributed by atoms with Crippen molar-refractivity contribution in [2.24, 2.45) is 0 Å². The zero-order valence-electron chi connectivity index (χ0n) is 14.4. The fourth-order valence-corrected chi connectivity index (χ4v) is 2.90. The second-order valence-electron chi connectivity index (χ2n) is 5.84. The lowest BCUT2D eigenvalue weighted by molar-refractivity contribution is 0.171. The van der Waals surface area contributed by atoms with Gasteiger partial charge in [-0.25, -0.2) is 4.98 Å². The Morgan fingerprint density at radius 3 is 2.85 bits per heavy atom. The molecule has 0 bridgehead atoms. The lowest BCUT2D eigenvalue weighted by Crippen LogP contribution is -2.15. The number of H-pyrrole nitrogens is 1. The SMILES string of the molecule is COc1cccc2[nH]c(Nc3nnc(-c4ccc5c(c4)OCCO5)o3)nc12. The third-order valence-corrected chi connectivity index (χ3v) is 4.14. The number of imidazole rings is 1. The third-order valence-electron chi connectivity index (χ3n) is 4.14. The van der Waals surface area contributed by atoms with E-state index in [4.69, 9.17) is 18.6 Å². The Morgan fingerprint density at radius 1 is 1.07 bits per heavy atom. The van der Waals surface area contributed by atoms with Gasteiger partial charge in [-0.2, -0.15) is 0 Å². The highest BCUT2D eigenvalue weighted by Crippen LogP contribution is 2.34. The average molecular weight is 365 g/mol. The van der Waals surface area contributed by atoms with Gasteiger partial charge >= 0.3 is 6.01 Å². The van der Waals surface area contributed by atoms with Gasteiger partial charge in [0, 0.05) is 5.56 Å². The molecule has 2 aromatic carbocycles. The molecule has 0 aliphatic carbocycles. The summed E-state index contributed by atoms with van der Waals surface area (Å²) in [5, 5.41) is 11.1. The molecule has 0 fully saturated rings. The summed E-state index contributed by atoms with van der Waals surface area (Å²) in [6, 6.07) is 11.3. The van der Waals surface area contributed by atoms with E-state index in [1.165, 1.54) is 0 Å². The van der Waals surface area contributed by atoms with Crippen LogP contribution in [0.3, 0.4) is 0 Å². The second kappa shape index (κ2) is 6.20. The van der Waals surface area contributed by atoms with Crippen LogP contribution in [-0.4, -0.2) is 40.5 Å². The number of para-hydroxylation sites is 1. The molecule has 27 heavy (non-hydrogen) atoms. The first kappa shape index (κ1) is 15.5. The number of aromatic amines is 1. The fourth-order valence-electron chi connectivity index (χ4n) is 2.90. The number of hydrogen-bond acceptors (Lipinski definition) is 8. The summed E-state index contributed by atoms with van der Waals surface area (Å²) in [6.45, 7) is 1.06. The summed E-state index contributed by atoms with van der Waals surface area (Å²) in [7, 11) is 1.61. The Kier molecular flexibility index (Phi) is 3.56. The predicted octanol–water partition coefficient (Wildman–Crippen LogP) is 3.14. The molecule has 0 spiro atoms. The minimum atomic E-state index is 0.220. The number of nitrogens with one attached hydrogen (secondary N) is 2. The monoisotopic (exact) mass is 365 g/mol. The van der Waals surface area contributed by atoms with Crippen LogP contribution in [0.15, 0.2) is 40.8 Å². The second-order valence-corrected chi connectivity index (χ2v) is 5.84. The Bertz CT molecular complexity index is 1120. The van der Waals surface area contributed by atoms with Crippen LogP contribution in [0.2, 0.25) is 0 Å². The summed E-state index contributed by atoms with van der Waals surface area (Å²) in [4.78, 5) is 7.60. The molecule has 0 atom stereocenters. The summed E-state index contributed by atoms with van der Waals surface area (Å²) in [5.41, 5.74) is 2.29. The molecule has 0 saturated heterocycles. The molecule has 3 heterocycles. The molecule has 2 N–H and O–H groups in total. The van der Waals surface area contributed by atoms with Crippen molar-refractivity contribution < 1.29 is 18.6 Å². The Labute approximate surface area is 153 Å².